The van der Waals surface area contributed by atoms with E-state index in [0.717, 1.165) is 6.54 Å². The van der Waals surface area contributed by atoms with E-state index >= 15 is 0 Å². The standard InChI is InChI=1S/C13H17N3S/c14-6-5-11-13(10-3-4-10)15-12(17-11)9-16-7-1-2-8-16/h10H,1-5,7-9H2. The zero-order valence-electron chi connectivity index (χ0n) is 9.98. The normalized spacial score (nSPS) is 20.6. The first-order chi connectivity index (χ1) is 8.36. The molecule has 0 spiro atoms. The molecule has 4 heteroatoms. The first-order valence-electron chi connectivity index (χ1n) is 6.44. The Labute approximate surface area is 106 Å². The molecular weight excluding hydrogens is 230 g/mol. The van der Waals surface area contributed by atoms with E-state index in [4.69, 9.17) is 10.2 Å². The van der Waals surface area contributed by atoms with E-state index in [1.165, 1.54) is 54.4 Å². The lowest BCUT2D eigenvalue weighted by molar-refractivity contribution is 0.330. The Morgan fingerprint density at radius 1 is 1.35 bits per heavy atom. The van der Waals surface area contributed by atoms with Crippen LogP contribution in [0.1, 0.15) is 47.2 Å². The van der Waals surface area contributed by atoms with Gasteiger partial charge in [0, 0.05) is 10.8 Å². The number of nitrogens with zero attached hydrogens (tertiary/aromatic N) is 3. The summed E-state index contributed by atoms with van der Waals surface area (Å²) in [5.74, 6) is 0.668. The van der Waals surface area contributed by atoms with Gasteiger partial charge >= 0.3 is 0 Å². The number of rotatable bonds is 4. The predicted octanol–water partition coefficient (Wildman–Crippen LogP) is 2.68. The number of hydrogen-bond acceptors (Lipinski definition) is 4. The van der Waals surface area contributed by atoms with Gasteiger partial charge in [0.15, 0.2) is 0 Å². The maximum atomic E-state index is 8.86. The van der Waals surface area contributed by atoms with Gasteiger partial charge in [-0.2, -0.15) is 5.26 Å². The summed E-state index contributed by atoms with van der Waals surface area (Å²) in [5.41, 5.74) is 1.24. The highest BCUT2D eigenvalue weighted by Gasteiger charge is 2.29. The smallest absolute Gasteiger partial charge is 0.107 e. The second-order valence-electron chi connectivity index (χ2n) is 5.01. The highest BCUT2D eigenvalue weighted by atomic mass is 32.1. The molecule has 1 aliphatic heterocycles. The molecule has 1 saturated heterocycles. The maximum Gasteiger partial charge on any atom is 0.107 e. The Balaban J connectivity index is 1.75. The lowest BCUT2D eigenvalue weighted by Crippen LogP contribution is -2.18. The van der Waals surface area contributed by atoms with Gasteiger partial charge in [0.05, 0.1) is 24.7 Å². The molecule has 0 unspecified atom stereocenters. The number of aromatic nitrogens is 1. The molecule has 0 bridgehead atoms. The number of hydrogen-bond donors (Lipinski definition) is 0. The van der Waals surface area contributed by atoms with E-state index < -0.39 is 0 Å². The molecule has 90 valence electrons. The maximum absolute atomic E-state index is 8.86. The summed E-state index contributed by atoms with van der Waals surface area (Å²) in [6.07, 6.45) is 5.73. The molecule has 3 nitrogen and oxygen atoms in total. The Bertz CT molecular complexity index is 436. The van der Waals surface area contributed by atoms with E-state index in [0.29, 0.717) is 12.3 Å². The molecular formula is C13H17N3S. The molecule has 1 aliphatic carbocycles. The van der Waals surface area contributed by atoms with Crippen molar-refractivity contribution in [2.24, 2.45) is 0 Å². The van der Waals surface area contributed by atoms with Crippen molar-refractivity contribution in [3.05, 3.63) is 15.6 Å². The Kier molecular flexibility index (Phi) is 3.13. The fraction of sp³-hybridized carbons (Fsp3) is 0.692. The molecule has 0 aromatic carbocycles. The SMILES string of the molecule is N#CCc1sc(CN2CCCC2)nc1C1CC1. The van der Waals surface area contributed by atoms with Gasteiger partial charge in [-0.25, -0.2) is 4.98 Å². The molecule has 0 amide bonds. The second-order valence-corrected chi connectivity index (χ2v) is 6.18. The number of nitriles is 1. The molecule has 0 N–H and O–H groups in total. The first kappa shape index (κ1) is 11.2. The zero-order chi connectivity index (χ0) is 11.7. The third kappa shape index (κ3) is 2.51. The van der Waals surface area contributed by atoms with E-state index in [1.807, 2.05) is 0 Å². The molecule has 17 heavy (non-hydrogen) atoms. The van der Waals surface area contributed by atoms with Gasteiger partial charge in [0.1, 0.15) is 5.01 Å². The van der Waals surface area contributed by atoms with E-state index in [1.54, 1.807) is 11.3 Å². The van der Waals surface area contributed by atoms with Gasteiger partial charge in [-0.15, -0.1) is 11.3 Å². The van der Waals surface area contributed by atoms with Gasteiger partial charge < -0.3 is 0 Å². The summed E-state index contributed by atoms with van der Waals surface area (Å²) in [4.78, 5) is 8.48. The summed E-state index contributed by atoms with van der Waals surface area (Å²) in [5, 5.41) is 10.1. The first-order valence-corrected chi connectivity index (χ1v) is 7.26. The Morgan fingerprint density at radius 2 is 2.12 bits per heavy atom. The summed E-state index contributed by atoms with van der Waals surface area (Å²) in [6, 6.07) is 2.27. The molecule has 0 atom stereocenters. The fourth-order valence-corrected chi connectivity index (χ4v) is 3.62. The number of thiazole rings is 1. The van der Waals surface area contributed by atoms with Crippen LogP contribution in [0.25, 0.3) is 0 Å². The van der Waals surface area contributed by atoms with Crippen molar-refractivity contribution in [1.82, 2.24) is 9.88 Å². The van der Waals surface area contributed by atoms with Crippen LogP contribution in [-0.2, 0) is 13.0 Å². The van der Waals surface area contributed by atoms with Crippen LogP contribution in [0, 0.1) is 11.3 Å². The van der Waals surface area contributed by atoms with Crippen LogP contribution >= 0.6 is 11.3 Å². The van der Waals surface area contributed by atoms with Crippen LogP contribution in [0.2, 0.25) is 0 Å². The van der Waals surface area contributed by atoms with Crippen LogP contribution in [0.3, 0.4) is 0 Å². The van der Waals surface area contributed by atoms with Crippen LogP contribution < -0.4 is 0 Å². The minimum absolute atomic E-state index is 0.545. The molecule has 1 aromatic rings. The fourth-order valence-electron chi connectivity index (χ4n) is 2.49. The van der Waals surface area contributed by atoms with Crippen molar-refractivity contribution >= 4 is 11.3 Å². The van der Waals surface area contributed by atoms with E-state index in [-0.39, 0.29) is 0 Å². The minimum atomic E-state index is 0.545. The third-order valence-corrected chi connectivity index (χ3v) is 4.59. The van der Waals surface area contributed by atoms with Crippen molar-refractivity contribution in [3.63, 3.8) is 0 Å². The van der Waals surface area contributed by atoms with Crippen molar-refractivity contribution in [2.75, 3.05) is 13.1 Å². The number of likely N-dealkylation sites (tertiary alicyclic amines) is 1. The largest absolute Gasteiger partial charge is 0.297 e. The lowest BCUT2D eigenvalue weighted by atomic mass is 10.2. The van der Waals surface area contributed by atoms with Crippen LogP contribution in [0.5, 0.6) is 0 Å². The molecule has 1 saturated carbocycles. The monoisotopic (exact) mass is 247 g/mol. The summed E-state index contributed by atoms with van der Waals surface area (Å²) >= 11 is 1.76. The van der Waals surface area contributed by atoms with E-state index in [9.17, 15) is 0 Å². The highest BCUT2D eigenvalue weighted by Crippen LogP contribution is 2.42. The van der Waals surface area contributed by atoms with Gasteiger partial charge in [0.2, 0.25) is 0 Å². The molecule has 2 fully saturated rings. The van der Waals surface area contributed by atoms with Crippen LogP contribution in [0.15, 0.2) is 0 Å². The predicted molar refractivity (Wildman–Crippen MR) is 67.9 cm³/mol. The van der Waals surface area contributed by atoms with Crippen molar-refractivity contribution in [3.8, 4) is 6.07 Å². The zero-order valence-corrected chi connectivity index (χ0v) is 10.8. The van der Waals surface area contributed by atoms with Crippen molar-refractivity contribution in [2.45, 2.75) is 44.6 Å². The van der Waals surface area contributed by atoms with Gasteiger partial charge in [-0.3, -0.25) is 4.90 Å². The van der Waals surface area contributed by atoms with Gasteiger partial charge in [-0.1, -0.05) is 0 Å². The summed E-state index contributed by atoms with van der Waals surface area (Å²) in [6.45, 7) is 3.42. The van der Waals surface area contributed by atoms with Crippen LogP contribution in [0.4, 0.5) is 0 Å². The summed E-state index contributed by atoms with van der Waals surface area (Å²) < 4.78 is 0. The summed E-state index contributed by atoms with van der Waals surface area (Å²) in [7, 11) is 0. The van der Waals surface area contributed by atoms with Gasteiger partial charge in [0.25, 0.3) is 0 Å². The molecule has 1 aromatic heterocycles. The second kappa shape index (κ2) is 4.75. The molecule has 2 heterocycles. The Morgan fingerprint density at radius 3 is 2.76 bits per heavy atom. The quantitative estimate of drug-likeness (QED) is 0.821. The highest BCUT2D eigenvalue weighted by molar-refractivity contribution is 7.11. The third-order valence-electron chi connectivity index (χ3n) is 3.53. The minimum Gasteiger partial charge on any atom is -0.297 e. The topological polar surface area (TPSA) is 39.9 Å². The van der Waals surface area contributed by atoms with Gasteiger partial charge in [-0.05, 0) is 38.8 Å². The molecule has 0 radical (unpaired) electrons. The van der Waals surface area contributed by atoms with E-state index in [2.05, 4.69) is 11.0 Å². The van der Waals surface area contributed by atoms with Crippen molar-refractivity contribution < 1.29 is 0 Å². The lowest BCUT2D eigenvalue weighted by Gasteiger charge is -2.11. The van der Waals surface area contributed by atoms with Crippen LogP contribution in [-0.4, -0.2) is 23.0 Å². The average molecular weight is 247 g/mol. The Hall–Kier alpha value is -0.920. The average Bonchev–Trinajstić information content (AvgIpc) is 2.90. The molecule has 2 aliphatic rings. The van der Waals surface area contributed by atoms with Crippen molar-refractivity contribution in [1.29, 1.82) is 5.26 Å². The molecule has 3 rings (SSSR count).